The fraction of sp³-hybridized carbons (Fsp3) is 0.889. The first kappa shape index (κ1) is 10.7. The van der Waals surface area contributed by atoms with Gasteiger partial charge >= 0.3 is 12.1 Å². The molecule has 2 fully saturated rings. The highest BCUT2D eigenvalue weighted by Crippen LogP contribution is 2.30. The van der Waals surface area contributed by atoms with Crippen molar-refractivity contribution in [2.75, 3.05) is 19.6 Å². The molecule has 1 N–H and O–H groups in total. The highest BCUT2D eigenvalue weighted by atomic mass is 19.4. The van der Waals surface area contributed by atoms with Gasteiger partial charge in [-0.1, -0.05) is 0 Å². The summed E-state index contributed by atoms with van der Waals surface area (Å²) in [6.07, 6.45) is -3.14. The van der Waals surface area contributed by atoms with E-state index in [2.05, 4.69) is 5.32 Å². The molecule has 6 heteroatoms. The molecule has 86 valence electrons. The quantitative estimate of drug-likeness (QED) is 0.656. The molecule has 2 rings (SSSR count). The summed E-state index contributed by atoms with van der Waals surface area (Å²) >= 11 is 0. The van der Waals surface area contributed by atoms with Gasteiger partial charge in [0, 0.05) is 25.7 Å². The lowest BCUT2D eigenvalue weighted by atomic mass is 9.92. The van der Waals surface area contributed by atoms with Gasteiger partial charge in [-0.05, 0) is 18.8 Å². The molecule has 0 spiro atoms. The molecular formula is C9H13F3N2O. The van der Waals surface area contributed by atoms with E-state index in [1.54, 1.807) is 0 Å². The molecule has 15 heavy (non-hydrogen) atoms. The van der Waals surface area contributed by atoms with Gasteiger partial charge in [0.05, 0.1) is 0 Å². The van der Waals surface area contributed by atoms with Gasteiger partial charge in [0.25, 0.3) is 0 Å². The van der Waals surface area contributed by atoms with E-state index in [0.29, 0.717) is 13.0 Å². The minimum atomic E-state index is -4.73. The predicted octanol–water partition coefficient (Wildman–Crippen LogP) is 0.759. The van der Waals surface area contributed by atoms with E-state index in [0.717, 1.165) is 17.9 Å². The zero-order chi connectivity index (χ0) is 11.1. The summed E-state index contributed by atoms with van der Waals surface area (Å²) in [7, 11) is 0. The van der Waals surface area contributed by atoms with Gasteiger partial charge in [0.15, 0.2) is 0 Å². The molecule has 2 atom stereocenters. The van der Waals surface area contributed by atoms with Crippen molar-refractivity contribution in [3.05, 3.63) is 0 Å². The van der Waals surface area contributed by atoms with Crippen molar-refractivity contribution in [3.8, 4) is 0 Å². The van der Waals surface area contributed by atoms with Crippen LogP contribution < -0.4 is 5.32 Å². The number of rotatable bonds is 0. The van der Waals surface area contributed by atoms with Crippen LogP contribution in [0.25, 0.3) is 0 Å². The van der Waals surface area contributed by atoms with Gasteiger partial charge < -0.3 is 10.2 Å². The van der Waals surface area contributed by atoms with E-state index in [1.165, 1.54) is 0 Å². The number of hydrogen-bond donors (Lipinski definition) is 1. The summed E-state index contributed by atoms with van der Waals surface area (Å²) in [5.74, 6) is -1.48. The molecule has 2 saturated heterocycles. The number of nitrogens with zero attached hydrogens (tertiary/aromatic N) is 1. The molecule has 0 aliphatic carbocycles. The van der Waals surface area contributed by atoms with Crippen molar-refractivity contribution >= 4 is 5.91 Å². The summed E-state index contributed by atoms with van der Waals surface area (Å²) < 4.78 is 36.8. The molecule has 2 aliphatic rings. The molecular weight excluding hydrogens is 209 g/mol. The Morgan fingerprint density at radius 3 is 2.73 bits per heavy atom. The third-order valence-corrected chi connectivity index (χ3v) is 3.18. The smallest absolute Gasteiger partial charge is 0.330 e. The van der Waals surface area contributed by atoms with Crippen molar-refractivity contribution in [2.45, 2.75) is 25.1 Å². The number of halogens is 3. The Kier molecular flexibility index (Phi) is 2.62. The molecule has 2 heterocycles. The summed E-state index contributed by atoms with van der Waals surface area (Å²) in [6.45, 7) is 1.46. The number of hydrogen-bond acceptors (Lipinski definition) is 2. The normalized spacial score (nSPS) is 31.5. The molecule has 0 aromatic heterocycles. The van der Waals surface area contributed by atoms with Gasteiger partial charge in [0.1, 0.15) is 0 Å². The van der Waals surface area contributed by atoms with Crippen LogP contribution in [0.15, 0.2) is 0 Å². The topological polar surface area (TPSA) is 32.3 Å². The lowest BCUT2D eigenvalue weighted by molar-refractivity contribution is -0.189. The van der Waals surface area contributed by atoms with E-state index >= 15 is 0 Å². The van der Waals surface area contributed by atoms with E-state index in [1.807, 2.05) is 0 Å². The number of piperidine rings is 1. The molecule has 1 amide bonds. The average Bonchev–Trinajstić information content (AvgIpc) is 2.62. The molecule has 3 nitrogen and oxygen atoms in total. The number of fused-ring (bicyclic) bond motifs is 1. The minimum Gasteiger partial charge on any atom is -0.330 e. The maximum absolute atomic E-state index is 12.3. The van der Waals surface area contributed by atoms with E-state index in [4.69, 9.17) is 0 Å². The third-order valence-electron chi connectivity index (χ3n) is 3.18. The van der Waals surface area contributed by atoms with Crippen LogP contribution in [0, 0.1) is 5.92 Å². The van der Waals surface area contributed by atoms with Crippen molar-refractivity contribution < 1.29 is 18.0 Å². The number of alkyl halides is 3. The lowest BCUT2D eigenvalue weighted by Gasteiger charge is -2.37. The zero-order valence-electron chi connectivity index (χ0n) is 8.18. The van der Waals surface area contributed by atoms with Gasteiger partial charge in [-0.25, -0.2) is 0 Å². The monoisotopic (exact) mass is 222 g/mol. The summed E-state index contributed by atoms with van der Waals surface area (Å²) in [5.41, 5.74) is 0. The number of amides is 1. The second-order valence-corrected chi connectivity index (χ2v) is 4.12. The van der Waals surface area contributed by atoms with E-state index < -0.39 is 12.1 Å². The Hall–Kier alpha value is -0.780. The second-order valence-electron chi connectivity index (χ2n) is 4.12. The predicted molar refractivity (Wildman–Crippen MR) is 47.1 cm³/mol. The Morgan fingerprint density at radius 1 is 1.33 bits per heavy atom. The van der Waals surface area contributed by atoms with Crippen LogP contribution in [-0.4, -0.2) is 42.7 Å². The van der Waals surface area contributed by atoms with Crippen LogP contribution in [0.4, 0.5) is 13.2 Å². The number of likely N-dealkylation sites (tertiary alicyclic amines) is 1. The Bertz CT molecular complexity index is 267. The minimum absolute atomic E-state index is 0.199. The highest BCUT2D eigenvalue weighted by molar-refractivity contribution is 5.82. The van der Waals surface area contributed by atoms with Gasteiger partial charge in [0.2, 0.25) is 0 Å². The Balaban J connectivity index is 2.11. The maximum atomic E-state index is 12.3. The first-order valence-corrected chi connectivity index (χ1v) is 5.08. The Morgan fingerprint density at radius 2 is 2.07 bits per heavy atom. The first-order valence-electron chi connectivity index (χ1n) is 5.08. The molecule has 0 saturated carbocycles. The summed E-state index contributed by atoms with van der Waals surface area (Å²) in [6, 6.07) is -0.257. The van der Waals surface area contributed by atoms with Crippen LogP contribution in [0.5, 0.6) is 0 Å². The lowest BCUT2D eigenvalue weighted by Crippen LogP contribution is -2.52. The van der Waals surface area contributed by atoms with Crippen LogP contribution >= 0.6 is 0 Å². The molecule has 0 bridgehead atoms. The third kappa shape index (κ3) is 1.95. The summed E-state index contributed by atoms with van der Waals surface area (Å²) in [4.78, 5) is 12.1. The van der Waals surface area contributed by atoms with E-state index in [9.17, 15) is 18.0 Å². The molecule has 2 unspecified atom stereocenters. The number of nitrogens with one attached hydrogen (secondary N) is 1. The second kappa shape index (κ2) is 3.66. The van der Waals surface area contributed by atoms with Crippen molar-refractivity contribution in [1.82, 2.24) is 10.2 Å². The Labute approximate surface area is 85.6 Å². The first-order chi connectivity index (χ1) is 7.00. The zero-order valence-corrected chi connectivity index (χ0v) is 8.18. The summed E-state index contributed by atoms with van der Waals surface area (Å²) in [5, 5.41) is 3.04. The highest BCUT2D eigenvalue weighted by Gasteiger charge is 2.47. The molecule has 0 aromatic rings. The number of carbonyl (C=O) groups excluding carboxylic acids is 1. The average molecular weight is 222 g/mol. The van der Waals surface area contributed by atoms with Crippen molar-refractivity contribution in [1.29, 1.82) is 0 Å². The SMILES string of the molecule is O=C(N1CCCC2CNCC21)C(F)(F)F. The van der Waals surface area contributed by atoms with Crippen molar-refractivity contribution in [3.63, 3.8) is 0 Å². The number of carbonyl (C=O) groups is 1. The van der Waals surface area contributed by atoms with Gasteiger partial charge in [-0.15, -0.1) is 0 Å². The van der Waals surface area contributed by atoms with E-state index in [-0.39, 0.29) is 18.5 Å². The van der Waals surface area contributed by atoms with Gasteiger partial charge in [-0.2, -0.15) is 13.2 Å². The molecule has 2 aliphatic heterocycles. The fourth-order valence-electron chi connectivity index (χ4n) is 2.48. The largest absolute Gasteiger partial charge is 0.471 e. The standard InChI is InChI=1S/C9H13F3N2O/c10-9(11,12)8(15)14-3-1-2-6-4-13-5-7(6)14/h6-7,13H,1-5H2. The van der Waals surface area contributed by atoms with Crippen LogP contribution in [0.1, 0.15) is 12.8 Å². The van der Waals surface area contributed by atoms with Crippen LogP contribution in [0.2, 0.25) is 0 Å². The van der Waals surface area contributed by atoms with Crippen molar-refractivity contribution in [2.24, 2.45) is 5.92 Å². The maximum Gasteiger partial charge on any atom is 0.471 e. The van der Waals surface area contributed by atoms with Gasteiger partial charge in [-0.3, -0.25) is 4.79 Å². The van der Waals surface area contributed by atoms with Crippen LogP contribution in [-0.2, 0) is 4.79 Å². The fourth-order valence-corrected chi connectivity index (χ4v) is 2.48. The molecule has 0 aromatic carbocycles. The molecule has 0 radical (unpaired) electrons. The van der Waals surface area contributed by atoms with Crippen LogP contribution in [0.3, 0.4) is 0 Å².